The van der Waals surface area contributed by atoms with Crippen molar-refractivity contribution in [1.29, 1.82) is 0 Å². The Morgan fingerprint density at radius 1 is 0.941 bits per heavy atom. The van der Waals surface area contributed by atoms with Gasteiger partial charge in [0.2, 0.25) is 15.9 Å². The molecule has 0 spiro atoms. The molecule has 1 aliphatic heterocycles. The van der Waals surface area contributed by atoms with Crippen molar-refractivity contribution in [2.75, 3.05) is 13.1 Å². The normalized spacial score (nSPS) is 38.4. The smallest absolute Gasteiger partial charge is 0.223 e. The first kappa shape index (κ1) is 26.9. The second-order valence-corrected chi connectivity index (χ2v) is 14.3. The summed E-state index contributed by atoms with van der Waals surface area (Å²) in [5.41, 5.74) is -0.777. The number of alkyl halides is 3. The van der Waals surface area contributed by atoms with Crippen LogP contribution in [0.5, 0.6) is 0 Å². The number of hydrogen-bond acceptors (Lipinski definition) is 4. The fraction of sp³-hybridized carbons (Fsp3) is 0.958. The van der Waals surface area contributed by atoms with Crippen molar-refractivity contribution >= 4 is 39.1 Å². The number of piperidine rings is 1. The van der Waals surface area contributed by atoms with E-state index in [-0.39, 0.29) is 24.3 Å². The van der Waals surface area contributed by atoms with Gasteiger partial charge in [0.15, 0.2) is 0 Å². The molecule has 10 heteroatoms. The standard InChI is InChI=1S/C24H39Cl2FN2O4S/c25-19-8-6-16(23(30)28-18-7-9-21(27)20(26)15-18)14-22(19)34(32,33)29-12-10-24(31,11-13-29)17-4-2-1-3-5-17/h16-22,31H,1-15H2,(H,28,30). The van der Waals surface area contributed by atoms with Crippen LogP contribution in [0.4, 0.5) is 4.39 Å². The summed E-state index contributed by atoms with van der Waals surface area (Å²) in [6.07, 6.45) is 7.82. The van der Waals surface area contributed by atoms with Crippen molar-refractivity contribution in [3.63, 3.8) is 0 Å². The van der Waals surface area contributed by atoms with E-state index >= 15 is 0 Å². The first-order valence-electron chi connectivity index (χ1n) is 13.0. The van der Waals surface area contributed by atoms with Crippen molar-refractivity contribution in [2.45, 2.75) is 117 Å². The molecule has 6 atom stereocenters. The molecule has 34 heavy (non-hydrogen) atoms. The summed E-state index contributed by atoms with van der Waals surface area (Å²) in [6, 6.07) is -0.176. The quantitative estimate of drug-likeness (QED) is 0.513. The summed E-state index contributed by atoms with van der Waals surface area (Å²) >= 11 is 12.6. The minimum Gasteiger partial charge on any atom is -0.390 e. The molecule has 0 bridgehead atoms. The van der Waals surface area contributed by atoms with Crippen LogP contribution in [0, 0.1) is 11.8 Å². The predicted molar refractivity (Wildman–Crippen MR) is 132 cm³/mol. The summed E-state index contributed by atoms with van der Waals surface area (Å²) in [4.78, 5) is 12.9. The van der Waals surface area contributed by atoms with Crippen LogP contribution in [0.2, 0.25) is 0 Å². The Morgan fingerprint density at radius 3 is 2.26 bits per heavy atom. The third kappa shape index (κ3) is 5.87. The average Bonchev–Trinajstić information content (AvgIpc) is 2.82. The highest BCUT2D eigenvalue weighted by molar-refractivity contribution is 7.89. The Morgan fingerprint density at radius 2 is 1.62 bits per heavy atom. The molecule has 0 aromatic heterocycles. The maximum Gasteiger partial charge on any atom is 0.223 e. The van der Waals surface area contributed by atoms with Gasteiger partial charge in [-0.1, -0.05) is 19.3 Å². The van der Waals surface area contributed by atoms with Gasteiger partial charge in [-0.15, -0.1) is 23.2 Å². The second kappa shape index (κ2) is 11.1. The first-order chi connectivity index (χ1) is 16.1. The van der Waals surface area contributed by atoms with Gasteiger partial charge in [0.1, 0.15) is 6.17 Å². The van der Waals surface area contributed by atoms with Crippen LogP contribution in [-0.4, -0.2) is 70.6 Å². The van der Waals surface area contributed by atoms with E-state index in [0.29, 0.717) is 58.0 Å². The molecule has 4 fully saturated rings. The number of carbonyl (C=O) groups is 1. The van der Waals surface area contributed by atoms with Gasteiger partial charge >= 0.3 is 0 Å². The van der Waals surface area contributed by atoms with E-state index in [2.05, 4.69) is 5.32 Å². The molecule has 0 aromatic rings. The molecule has 2 N–H and O–H groups in total. The second-order valence-electron chi connectivity index (χ2n) is 11.0. The fourth-order valence-corrected chi connectivity index (χ4v) is 9.55. The Balaban J connectivity index is 1.35. The maximum atomic E-state index is 13.7. The molecule has 1 heterocycles. The molecule has 0 radical (unpaired) electrons. The molecule has 4 aliphatic rings. The van der Waals surface area contributed by atoms with Gasteiger partial charge in [0.25, 0.3) is 0 Å². The van der Waals surface area contributed by atoms with Gasteiger partial charge in [-0.3, -0.25) is 4.79 Å². The van der Waals surface area contributed by atoms with E-state index in [0.717, 1.165) is 25.7 Å². The largest absolute Gasteiger partial charge is 0.390 e. The monoisotopic (exact) mass is 540 g/mol. The highest BCUT2D eigenvalue weighted by Crippen LogP contribution is 2.41. The highest BCUT2D eigenvalue weighted by atomic mass is 35.5. The number of aliphatic hydroxyl groups is 1. The van der Waals surface area contributed by atoms with Crippen molar-refractivity contribution in [3.8, 4) is 0 Å². The number of rotatable bonds is 5. The molecule has 1 amide bonds. The van der Waals surface area contributed by atoms with Crippen LogP contribution in [0.25, 0.3) is 0 Å². The lowest BCUT2D eigenvalue weighted by atomic mass is 9.72. The molecule has 3 saturated carbocycles. The van der Waals surface area contributed by atoms with E-state index in [4.69, 9.17) is 23.2 Å². The Hall–Kier alpha value is -0.150. The van der Waals surface area contributed by atoms with Crippen molar-refractivity contribution in [3.05, 3.63) is 0 Å². The zero-order valence-electron chi connectivity index (χ0n) is 19.8. The number of hydrogen-bond donors (Lipinski definition) is 2. The van der Waals surface area contributed by atoms with Gasteiger partial charge in [-0.25, -0.2) is 17.1 Å². The van der Waals surface area contributed by atoms with Gasteiger partial charge < -0.3 is 10.4 Å². The minimum atomic E-state index is -3.69. The number of nitrogens with zero attached hydrogens (tertiary/aromatic N) is 1. The van der Waals surface area contributed by atoms with Crippen LogP contribution >= 0.6 is 23.2 Å². The van der Waals surface area contributed by atoms with Crippen molar-refractivity contribution in [2.24, 2.45) is 11.8 Å². The van der Waals surface area contributed by atoms with Crippen molar-refractivity contribution < 1.29 is 22.7 Å². The maximum absolute atomic E-state index is 13.7. The molecule has 1 saturated heterocycles. The van der Waals surface area contributed by atoms with Crippen LogP contribution < -0.4 is 5.32 Å². The van der Waals surface area contributed by atoms with Gasteiger partial charge in [0, 0.05) is 25.0 Å². The van der Waals surface area contributed by atoms with Crippen LogP contribution in [-0.2, 0) is 14.8 Å². The Labute approximate surface area is 213 Å². The molecular weight excluding hydrogens is 502 g/mol. The number of nitrogens with one attached hydrogen (secondary N) is 1. The first-order valence-corrected chi connectivity index (χ1v) is 15.4. The van der Waals surface area contributed by atoms with Gasteiger partial charge in [-0.05, 0) is 70.1 Å². The Kier molecular flexibility index (Phi) is 8.76. The summed E-state index contributed by atoms with van der Waals surface area (Å²) < 4.78 is 42.2. The zero-order chi connectivity index (χ0) is 24.5. The van der Waals surface area contributed by atoms with Crippen molar-refractivity contribution in [1.82, 2.24) is 9.62 Å². The van der Waals surface area contributed by atoms with Crippen LogP contribution in [0.15, 0.2) is 0 Å². The molecule has 3 aliphatic carbocycles. The zero-order valence-corrected chi connectivity index (χ0v) is 22.1. The lowest BCUT2D eigenvalue weighted by molar-refractivity contribution is -0.126. The fourth-order valence-electron chi connectivity index (χ4n) is 6.53. The minimum absolute atomic E-state index is 0.176. The number of amides is 1. The van der Waals surface area contributed by atoms with E-state index in [1.807, 2.05) is 0 Å². The third-order valence-corrected chi connectivity index (χ3v) is 12.3. The van der Waals surface area contributed by atoms with Gasteiger partial charge in [-0.2, -0.15) is 0 Å². The molecule has 0 aromatic carbocycles. The number of sulfonamides is 1. The lowest BCUT2D eigenvalue weighted by Crippen LogP contribution is -2.54. The van der Waals surface area contributed by atoms with E-state index in [1.54, 1.807) is 0 Å². The summed E-state index contributed by atoms with van der Waals surface area (Å²) in [7, 11) is -3.69. The Bertz CT molecular complexity index is 818. The SMILES string of the molecule is O=C(NC1CCC(F)C(Cl)C1)C1CCC(Cl)C(S(=O)(=O)N2CCC(O)(C3CCCCC3)CC2)C1. The predicted octanol–water partition coefficient (Wildman–Crippen LogP) is 4.11. The topological polar surface area (TPSA) is 86.7 Å². The van der Waals surface area contributed by atoms with Gasteiger partial charge in [0.05, 0.1) is 21.6 Å². The molecule has 6 nitrogen and oxygen atoms in total. The third-order valence-electron chi connectivity index (χ3n) is 8.82. The summed E-state index contributed by atoms with van der Waals surface area (Å²) in [6.45, 7) is 0.603. The molecule has 196 valence electrons. The molecule has 6 unspecified atom stereocenters. The average molecular weight is 542 g/mol. The summed E-state index contributed by atoms with van der Waals surface area (Å²) in [5.74, 6) is -0.356. The number of carbonyl (C=O) groups excluding carboxylic acids is 1. The van der Waals surface area contributed by atoms with E-state index < -0.39 is 43.7 Å². The number of halogens is 3. The van der Waals surface area contributed by atoms with Crippen LogP contribution in [0.1, 0.15) is 83.5 Å². The highest BCUT2D eigenvalue weighted by Gasteiger charge is 2.47. The summed E-state index contributed by atoms with van der Waals surface area (Å²) in [5, 5.41) is 12.2. The van der Waals surface area contributed by atoms with E-state index in [1.165, 1.54) is 10.7 Å². The van der Waals surface area contributed by atoms with E-state index in [9.17, 15) is 22.7 Å². The molecular formula is C24H39Cl2FN2O4S. The van der Waals surface area contributed by atoms with Crippen LogP contribution in [0.3, 0.4) is 0 Å². The lowest BCUT2D eigenvalue weighted by Gasteiger charge is -2.45. The molecule has 4 rings (SSSR count).